The molecule has 46 heavy (non-hydrogen) atoms. The molecule has 0 N–H and O–H groups in total. The molecule has 0 fully saturated rings. The van der Waals surface area contributed by atoms with Crippen LogP contribution >= 0.6 is 45.2 Å². The van der Waals surface area contributed by atoms with E-state index in [1.807, 2.05) is 48.5 Å². The lowest BCUT2D eigenvalue weighted by atomic mass is 10.0. The minimum Gasteiger partial charge on any atom is -0.489 e. The molecule has 0 aliphatic carbocycles. The molecule has 4 aromatic carbocycles. The zero-order valence-corrected chi connectivity index (χ0v) is 30.4. The summed E-state index contributed by atoms with van der Waals surface area (Å²) in [5, 5.41) is 0. The van der Waals surface area contributed by atoms with Crippen LogP contribution in [0.25, 0.3) is 0 Å². The van der Waals surface area contributed by atoms with Crippen molar-refractivity contribution in [2.24, 2.45) is 5.92 Å². The van der Waals surface area contributed by atoms with Gasteiger partial charge in [0.15, 0.2) is 5.92 Å². The van der Waals surface area contributed by atoms with Crippen molar-refractivity contribution in [3.05, 3.63) is 126 Å². The van der Waals surface area contributed by atoms with Crippen LogP contribution in [0.5, 0.6) is 11.5 Å². The topological polar surface area (TPSA) is 71.1 Å². The van der Waals surface area contributed by atoms with E-state index >= 15 is 0 Å². The first-order valence-corrected chi connectivity index (χ1v) is 17.8. The van der Waals surface area contributed by atoms with Crippen LogP contribution in [0.1, 0.15) is 54.9 Å². The number of carbonyl (C=O) groups excluding carboxylic acids is 2. The van der Waals surface area contributed by atoms with Crippen molar-refractivity contribution in [1.82, 2.24) is 0 Å². The van der Waals surface area contributed by atoms with Crippen molar-refractivity contribution in [2.45, 2.75) is 58.7 Å². The molecule has 0 aromatic heterocycles. The summed E-state index contributed by atoms with van der Waals surface area (Å²) in [6.45, 7) is 3.47. The third kappa shape index (κ3) is 12.6. The predicted molar refractivity (Wildman–Crippen MR) is 197 cm³/mol. The molecule has 0 spiro atoms. The van der Waals surface area contributed by atoms with Gasteiger partial charge in [0.1, 0.15) is 24.7 Å². The average Bonchev–Trinajstić information content (AvgIpc) is 3.07. The first-order valence-electron chi connectivity index (χ1n) is 15.6. The van der Waals surface area contributed by atoms with Crippen molar-refractivity contribution >= 4 is 57.1 Å². The summed E-state index contributed by atoms with van der Waals surface area (Å²) in [5.41, 5.74) is 4.26. The van der Waals surface area contributed by atoms with Crippen LogP contribution in [-0.2, 0) is 45.1 Å². The van der Waals surface area contributed by atoms with Gasteiger partial charge < -0.3 is 18.9 Å². The Kier molecular flexibility index (Phi) is 15.2. The highest BCUT2D eigenvalue weighted by molar-refractivity contribution is 14.1. The van der Waals surface area contributed by atoms with Gasteiger partial charge in [-0.25, -0.2) is 0 Å². The number of benzene rings is 4. The SMILES string of the molecule is CCCCCC(C(=O)OCCc1ccc(OCc2ccc(I)cc2)cc1)C(=O)OCCc1ccc(OCc2ccc(I)cc2)cc1. The van der Waals surface area contributed by atoms with Gasteiger partial charge in [0, 0.05) is 20.0 Å². The average molecular weight is 847 g/mol. The van der Waals surface area contributed by atoms with Crippen LogP contribution in [-0.4, -0.2) is 25.2 Å². The minimum absolute atomic E-state index is 0.192. The second-order valence-corrected chi connectivity index (χ2v) is 13.5. The van der Waals surface area contributed by atoms with E-state index in [2.05, 4.69) is 101 Å². The molecule has 8 heteroatoms. The fraction of sp³-hybridized carbons (Fsp3) is 0.316. The van der Waals surface area contributed by atoms with Gasteiger partial charge in [0.05, 0.1) is 13.2 Å². The van der Waals surface area contributed by atoms with Crippen molar-refractivity contribution in [3.63, 3.8) is 0 Å². The number of hydrogen-bond acceptors (Lipinski definition) is 6. The van der Waals surface area contributed by atoms with Crippen molar-refractivity contribution < 1.29 is 28.5 Å². The second-order valence-electron chi connectivity index (χ2n) is 11.0. The van der Waals surface area contributed by atoms with Gasteiger partial charge in [-0.3, -0.25) is 9.59 Å². The quantitative estimate of drug-likeness (QED) is 0.0431. The Morgan fingerprint density at radius 3 is 1.35 bits per heavy atom. The Hall–Kier alpha value is -3.12. The number of carbonyl (C=O) groups is 2. The summed E-state index contributed by atoms with van der Waals surface area (Å²) < 4.78 is 25.3. The lowest BCUT2D eigenvalue weighted by Crippen LogP contribution is -2.29. The number of esters is 2. The highest BCUT2D eigenvalue weighted by Gasteiger charge is 2.29. The molecular weight excluding hydrogens is 806 g/mol. The molecule has 0 atom stereocenters. The Morgan fingerprint density at radius 2 is 0.957 bits per heavy atom. The summed E-state index contributed by atoms with van der Waals surface area (Å²) in [4.78, 5) is 25.9. The number of rotatable bonds is 18. The Bertz CT molecular complexity index is 1380. The maximum Gasteiger partial charge on any atom is 0.320 e. The number of unbranched alkanes of at least 4 members (excludes halogenated alkanes) is 2. The van der Waals surface area contributed by atoms with E-state index in [0.29, 0.717) is 32.5 Å². The molecule has 0 saturated heterocycles. The maximum absolute atomic E-state index is 13.0. The molecular formula is C38H40I2O6. The molecule has 4 aromatic rings. The van der Waals surface area contributed by atoms with Crippen molar-refractivity contribution in [2.75, 3.05) is 13.2 Å². The lowest BCUT2D eigenvalue weighted by molar-refractivity contribution is -0.162. The predicted octanol–water partition coefficient (Wildman–Crippen LogP) is 9.12. The van der Waals surface area contributed by atoms with Gasteiger partial charge in [-0.1, -0.05) is 74.7 Å². The molecule has 0 saturated carbocycles. The summed E-state index contributed by atoms with van der Waals surface area (Å²) in [5.74, 6) is -0.401. The Labute approximate surface area is 299 Å². The van der Waals surface area contributed by atoms with Gasteiger partial charge >= 0.3 is 11.9 Å². The van der Waals surface area contributed by atoms with Crippen LogP contribution in [0.2, 0.25) is 0 Å². The van der Waals surface area contributed by atoms with Gasteiger partial charge in [0.2, 0.25) is 0 Å². The van der Waals surface area contributed by atoms with Crippen LogP contribution in [0.4, 0.5) is 0 Å². The van der Waals surface area contributed by atoms with E-state index in [-0.39, 0.29) is 13.2 Å². The number of hydrogen-bond donors (Lipinski definition) is 0. The van der Waals surface area contributed by atoms with Crippen molar-refractivity contribution in [3.8, 4) is 11.5 Å². The van der Waals surface area contributed by atoms with Gasteiger partial charge in [-0.05, 0) is 122 Å². The summed E-state index contributed by atoms with van der Waals surface area (Å²) in [6, 6.07) is 32.0. The molecule has 0 heterocycles. The molecule has 0 aliphatic rings. The first-order chi connectivity index (χ1) is 22.4. The van der Waals surface area contributed by atoms with Crippen LogP contribution in [0.15, 0.2) is 97.1 Å². The lowest BCUT2D eigenvalue weighted by Gasteiger charge is -2.16. The molecule has 0 radical (unpaired) electrons. The molecule has 0 aliphatic heterocycles. The largest absolute Gasteiger partial charge is 0.489 e. The van der Waals surface area contributed by atoms with E-state index < -0.39 is 17.9 Å². The monoisotopic (exact) mass is 846 g/mol. The highest BCUT2D eigenvalue weighted by Crippen LogP contribution is 2.19. The zero-order chi connectivity index (χ0) is 32.6. The van der Waals surface area contributed by atoms with E-state index in [9.17, 15) is 9.59 Å². The normalized spacial score (nSPS) is 10.9. The number of ether oxygens (including phenoxy) is 4. The highest BCUT2D eigenvalue weighted by atomic mass is 127. The van der Waals surface area contributed by atoms with Gasteiger partial charge in [0.25, 0.3) is 0 Å². The third-order valence-corrected chi connectivity index (χ3v) is 8.86. The zero-order valence-electron chi connectivity index (χ0n) is 26.1. The fourth-order valence-corrected chi connectivity index (χ4v) is 5.39. The molecule has 0 amide bonds. The van der Waals surface area contributed by atoms with E-state index in [1.165, 1.54) is 7.14 Å². The smallest absolute Gasteiger partial charge is 0.320 e. The Balaban J connectivity index is 1.18. The van der Waals surface area contributed by atoms with Crippen LogP contribution in [0, 0.1) is 13.1 Å². The first kappa shape index (κ1) is 35.7. The van der Waals surface area contributed by atoms with Gasteiger partial charge in [-0.15, -0.1) is 0 Å². The van der Waals surface area contributed by atoms with E-state index in [0.717, 1.165) is 53.0 Å². The molecule has 4 rings (SSSR count). The maximum atomic E-state index is 13.0. The standard InChI is InChI=1S/C38H40I2O6/c1-2-3-4-5-36(37(41)43-24-22-28-10-18-34(19-11-28)45-26-30-6-14-32(39)15-7-30)38(42)44-25-23-29-12-20-35(21-13-29)46-27-31-8-16-33(40)17-9-31/h6-21,36H,2-5,22-27H2,1H3. The van der Waals surface area contributed by atoms with E-state index in [1.54, 1.807) is 0 Å². The molecule has 6 nitrogen and oxygen atoms in total. The summed E-state index contributed by atoms with van der Waals surface area (Å²) in [7, 11) is 0. The molecule has 242 valence electrons. The molecule has 0 bridgehead atoms. The number of halogens is 2. The van der Waals surface area contributed by atoms with E-state index in [4.69, 9.17) is 18.9 Å². The second kappa shape index (κ2) is 19.5. The van der Waals surface area contributed by atoms with Gasteiger partial charge in [-0.2, -0.15) is 0 Å². The summed E-state index contributed by atoms with van der Waals surface area (Å²) >= 11 is 4.56. The summed E-state index contributed by atoms with van der Waals surface area (Å²) in [6.07, 6.45) is 4.21. The molecule has 0 unspecified atom stereocenters. The van der Waals surface area contributed by atoms with Crippen LogP contribution < -0.4 is 9.47 Å². The Morgan fingerprint density at radius 1 is 0.565 bits per heavy atom. The fourth-order valence-electron chi connectivity index (χ4n) is 4.67. The van der Waals surface area contributed by atoms with Crippen LogP contribution in [0.3, 0.4) is 0 Å². The minimum atomic E-state index is -0.916. The van der Waals surface area contributed by atoms with Crippen molar-refractivity contribution in [1.29, 1.82) is 0 Å². The third-order valence-electron chi connectivity index (χ3n) is 7.42.